The van der Waals surface area contributed by atoms with Crippen molar-refractivity contribution in [2.75, 3.05) is 6.54 Å². The Morgan fingerprint density at radius 3 is 2.74 bits per heavy atom. The minimum atomic E-state index is -0.480. The van der Waals surface area contributed by atoms with Gasteiger partial charge >= 0.3 is 0 Å². The van der Waals surface area contributed by atoms with Gasteiger partial charge in [-0.1, -0.05) is 32.0 Å². The van der Waals surface area contributed by atoms with Crippen molar-refractivity contribution in [1.29, 1.82) is 0 Å². The van der Waals surface area contributed by atoms with Crippen LogP contribution in [-0.2, 0) is 6.42 Å². The summed E-state index contributed by atoms with van der Waals surface area (Å²) in [5.74, 6) is -0.306. The second-order valence-corrected chi connectivity index (χ2v) is 7.07. The Bertz CT molecular complexity index is 686. The minimum absolute atomic E-state index is 0.202. The maximum atomic E-state index is 13.7. The monoisotopic (exact) mass is 335 g/mol. The summed E-state index contributed by atoms with van der Waals surface area (Å²) in [6.45, 7) is 6.29. The summed E-state index contributed by atoms with van der Waals surface area (Å²) in [5, 5.41) is 5.36. The average Bonchev–Trinajstić information content (AvgIpc) is 2.98. The molecule has 0 aliphatic carbocycles. The van der Waals surface area contributed by atoms with E-state index in [0.717, 1.165) is 0 Å². The van der Waals surface area contributed by atoms with Gasteiger partial charge in [0.05, 0.1) is 10.5 Å². The molecule has 0 fully saturated rings. The van der Waals surface area contributed by atoms with Crippen LogP contribution in [0.4, 0.5) is 4.39 Å². The molecule has 0 aliphatic rings. The van der Waals surface area contributed by atoms with Crippen LogP contribution in [-0.4, -0.2) is 23.0 Å². The molecule has 124 valence electrons. The molecular weight excluding hydrogens is 313 g/mol. The van der Waals surface area contributed by atoms with Crippen LogP contribution in [0.3, 0.4) is 0 Å². The Balaban J connectivity index is 2.10. The topological polar surface area (TPSA) is 68.0 Å². The van der Waals surface area contributed by atoms with E-state index in [1.165, 1.54) is 17.4 Å². The van der Waals surface area contributed by atoms with Gasteiger partial charge in [-0.15, -0.1) is 11.3 Å². The summed E-state index contributed by atoms with van der Waals surface area (Å²) in [6, 6.07) is 6.58. The number of benzene rings is 1. The number of nitrogens with one attached hydrogen (secondary N) is 1. The molecule has 3 N–H and O–H groups in total. The fraction of sp³-hybridized carbons (Fsp3) is 0.412. The molecule has 0 saturated heterocycles. The maximum absolute atomic E-state index is 13.7. The van der Waals surface area contributed by atoms with Gasteiger partial charge < -0.3 is 11.1 Å². The highest BCUT2D eigenvalue weighted by Gasteiger charge is 2.29. The number of hydrogen-bond donors (Lipinski definition) is 2. The quantitative estimate of drug-likeness (QED) is 0.853. The van der Waals surface area contributed by atoms with Gasteiger partial charge in [-0.3, -0.25) is 4.79 Å². The van der Waals surface area contributed by atoms with Gasteiger partial charge in [0.25, 0.3) is 5.91 Å². The number of rotatable bonds is 6. The van der Waals surface area contributed by atoms with Crippen LogP contribution < -0.4 is 11.1 Å². The van der Waals surface area contributed by atoms with Gasteiger partial charge in [0.2, 0.25) is 0 Å². The molecule has 0 radical (unpaired) electrons. The fourth-order valence-corrected chi connectivity index (χ4v) is 2.85. The van der Waals surface area contributed by atoms with Gasteiger partial charge in [-0.05, 0) is 24.5 Å². The minimum Gasteiger partial charge on any atom is -0.344 e. The highest BCUT2D eigenvalue weighted by Crippen LogP contribution is 2.19. The Morgan fingerprint density at radius 2 is 2.13 bits per heavy atom. The first-order chi connectivity index (χ1) is 10.9. The van der Waals surface area contributed by atoms with Crippen molar-refractivity contribution in [1.82, 2.24) is 10.3 Å². The lowest BCUT2D eigenvalue weighted by Crippen LogP contribution is -2.55. The Kier molecular flexibility index (Phi) is 5.49. The van der Waals surface area contributed by atoms with Crippen LogP contribution >= 0.6 is 11.3 Å². The number of nitrogens with two attached hydrogens (primary N) is 1. The normalized spacial score (nSPS) is 13.8. The van der Waals surface area contributed by atoms with Crippen LogP contribution in [0.5, 0.6) is 0 Å². The smallest absolute Gasteiger partial charge is 0.271 e. The summed E-state index contributed by atoms with van der Waals surface area (Å²) in [6.07, 6.45) is 0.378. The average molecular weight is 335 g/mol. The summed E-state index contributed by atoms with van der Waals surface area (Å²) in [5.41, 5.74) is 6.23. The molecular formula is C17H22FN3OS. The first-order valence-corrected chi connectivity index (χ1v) is 8.44. The van der Waals surface area contributed by atoms with E-state index in [2.05, 4.69) is 10.3 Å². The number of hydrogen-bond acceptors (Lipinski definition) is 4. The molecule has 1 amide bonds. The van der Waals surface area contributed by atoms with Crippen LogP contribution in [0.2, 0.25) is 0 Å². The van der Waals surface area contributed by atoms with Gasteiger partial charge in [-0.25, -0.2) is 9.37 Å². The SMILES string of the molecule is CC(C)C(C)(CN)NC(=O)c1csc(Cc2ccccc2F)n1. The molecule has 23 heavy (non-hydrogen) atoms. The van der Waals surface area contributed by atoms with Crippen molar-refractivity contribution in [3.05, 3.63) is 51.7 Å². The Morgan fingerprint density at radius 1 is 1.43 bits per heavy atom. The van der Waals surface area contributed by atoms with Gasteiger partial charge in [0.1, 0.15) is 11.5 Å². The Hall–Kier alpha value is -1.79. The number of thiazole rings is 1. The van der Waals surface area contributed by atoms with E-state index in [4.69, 9.17) is 5.73 Å². The Labute approximate surface area is 139 Å². The number of halogens is 1. The number of aromatic nitrogens is 1. The highest BCUT2D eigenvalue weighted by molar-refractivity contribution is 7.09. The third kappa shape index (κ3) is 4.14. The van der Waals surface area contributed by atoms with Crippen molar-refractivity contribution in [3.8, 4) is 0 Å². The predicted octanol–water partition coefficient (Wildman–Crippen LogP) is 2.98. The van der Waals surface area contributed by atoms with Crippen LogP contribution in [0.15, 0.2) is 29.6 Å². The first-order valence-electron chi connectivity index (χ1n) is 7.56. The zero-order valence-corrected chi connectivity index (χ0v) is 14.4. The third-order valence-electron chi connectivity index (χ3n) is 4.18. The molecule has 0 aliphatic heterocycles. The molecule has 2 aromatic rings. The standard InChI is InChI=1S/C17H22FN3OS/c1-11(2)17(3,10-19)21-16(22)14-9-23-15(20-14)8-12-6-4-5-7-13(12)18/h4-7,9,11H,8,10,19H2,1-3H3,(H,21,22). The van der Waals surface area contributed by atoms with Crippen LogP contribution in [0, 0.1) is 11.7 Å². The molecule has 0 saturated carbocycles. The lowest BCUT2D eigenvalue weighted by molar-refractivity contribution is 0.0878. The lowest BCUT2D eigenvalue weighted by Gasteiger charge is -2.33. The zero-order valence-electron chi connectivity index (χ0n) is 13.6. The van der Waals surface area contributed by atoms with E-state index in [9.17, 15) is 9.18 Å². The van der Waals surface area contributed by atoms with Gasteiger partial charge in [-0.2, -0.15) is 0 Å². The summed E-state index contributed by atoms with van der Waals surface area (Å²) < 4.78 is 13.7. The first kappa shape index (κ1) is 17.6. The molecule has 4 nitrogen and oxygen atoms in total. The summed E-state index contributed by atoms with van der Waals surface area (Å²) >= 11 is 1.35. The van der Waals surface area contributed by atoms with Crippen molar-refractivity contribution in [3.63, 3.8) is 0 Å². The largest absolute Gasteiger partial charge is 0.344 e. The predicted molar refractivity (Wildman–Crippen MR) is 91.1 cm³/mol. The fourth-order valence-electron chi connectivity index (χ4n) is 2.06. The molecule has 0 spiro atoms. The molecule has 1 aromatic carbocycles. The van der Waals surface area contributed by atoms with Gasteiger partial charge in [0, 0.05) is 18.3 Å². The van der Waals surface area contributed by atoms with Crippen LogP contribution in [0.1, 0.15) is 41.8 Å². The molecule has 1 heterocycles. The summed E-state index contributed by atoms with van der Waals surface area (Å²) in [7, 11) is 0. The zero-order chi connectivity index (χ0) is 17.0. The van der Waals surface area contributed by atoms with E-state index in [1.807, 2.05) is 20.8 Å². The summed E-state index contributed by atoms with van der Waals surface area (Å²) in [4.78, 5) is 16.7. The second kappa shape index (κ2) is 7.19. The molecule has 2 rings (SSSR count). The van der Waals surface area contributed by atoms with Crippen molar-refractivity contribution >= 4 is 17.2 Å². The number of nitrogens with zero attached hydrogens (tertiary/aromatic N) is 1. The number of carbonyl (C=O) groups is 1. The van der Waals surface area contributed by atoms with Crippen molar-refractivity contribution in [2.24, 2.45) is 11.7 Å². The van der Waals surface area contributed by atoms with Crippen molar-refractivity contribution in [2.45, 2.75) is 32.7 Å². The molecule has 6 heteroatoms. The number of amides is 1. The highest BCUT2D eigenvalue weighted by atomic mass is 32.1. The van der Waals surface area contributed by atoms with Crippen molar-refractivity contribution < 1.29 is 9.18 Å². The van der Waals surface area contributed by atoms with E-state index in [-0.39, 0.29) is 17.6 Å². The lowest BCUT2D eigenvalue weighted by atomic mass is 9.88. The van der Waals surface area contributed by atoms with Gasteiger partial charge in [0.15, 0.2) is 0 Å². The molecule has 0 bridgehead atoms. The van der Waals surface area contributed by atoms with E-state index >= 15 is 0 Å². The van der Waals surface area contributed by atoms with Crippen LogP contribution in [0.25, 0.3) is 0 Å². The number of carbonyl (C=O) groups excluding carboxylic acids is 1. The van der Waals surface area contributed by atoms with E-state index in [1.54, 1.807) is 23.6 Å². The molecule has 1 unspecified atom stereocenters. The van der Waals surface area contributed by atoms with E-state index < -0.39 is 5.54 Å². The maximum Gasteiger partial charge on any atom is 0.271 e. The molecule has 1 aromatic heterocycles. The van der Waals surface area contributed by atoms with E-state index in [0.29, 0.717) is 29.2 Å². The molecule has 1 atom stereocenters. The third-order valence-corrected chi connectivity index (χ3v) is 5.03. The second-order valence-electron chi connectivity index (χ2n) is 6.13.